The van der Waals surface area contributed by atoms with E-state index < -0.39 is 11.7 Å². The van der Waals surface area contributed by atoms with Gasteiger partial charge in [0, 0.05) is 40.0 Å². The Hall–Kier alpha value is -1.78. The molecule has 1 saturated carbocycles. The van der Waals surface area contributed by atoms with Gasteiger partial charge in [-0.05, 0) is 75.4 Å². The van der Waals surface area contributed by atoms with Crippen LogP contribution in [0.1, 0.15) is 70.9 Å². The number of rotatable bonds is 12. The van der Waals surface area contributed by atoms with Crippen molar-refractivity contribution in [3.8, 4) is 11.4 Å². The minimum Gasteiger partial charge on any atom is -0.444 e. The number of imidazole rings is 1. The van der Waals surface area contributed by atoms with Crippen molar-refractivity contribution in [2.45, 2.75) is 103 Å². The summed E-state index contributed by atoms with van der Waals surface area (Å²) in [6.07, 6.45) is 6.15. The molecule has 35 heavy (non-hydrogen) atoms. The van der Waals surface area contributed by atoms with E-state index in [2.05, 4.69) is 43.9 Å². The van der Waals surface area contributed by atoms with E-state index in [1.165, 1.54) is 6.04 Å². The third-order valence-corrected chi connectivity index (χ3v) is 7.50. The molecule has 1 aliphatic carbocycles. The number of carbonyl (C=O) groups excluding carboxylic acids is 1. The molecular weight excluding hydrogens is 526 g/mol. The zero-order valence-electron chi connectivity index (χ0n) is 21.9. The SMILES string of the molecule is C[C@@H](CCc1nccc(-c2c(Br)nc(C3CC3)n2COCCC[Si](C)C)n1)NC(=O)OC(C)(C)C. The van der Waals surface area contributed by atoms with Crippen molar-refractivity contribution in [2.24, 2.45) is 0 Å². The Morgan fingerprint density at radius 3 is 2.71 bits per heavy atom. The van der Waals surface area contributed by atoms with Crippen LogP contribution in [-0.2, 0) is 22.6 Å². The maximum Gasteiger partial charge on any atom is 0.407 e. The van der Waals surface area contributed by atoms with Crippen molar-refractivity contribution in [1.29, 1.82) is 0 Å². The molecule has 10 heteroatoms. The number of aromatic nitrogens is 4. The predicted molar refractivity (Wildman–Crippen MR) is 143 cm³/mol. The monoisotopic (exact) mass is 564 g/mol. The average molecular weight is 566 g/mol. The summed E-state index contributed by atoms with van der Waals surface area (Å²) in [4.78, 5) is 26.2. The van der Waals surface area contributed by atoms with Gasteiger partial charge in [-0.25, -0.2) is 19.7 Å². The molecule has 0 aliphatic heterocycles. The van der Waals surface area contributed by atoms with Crippen LogP contribution in [0.15, 0.2) is 16.9 Å². The van der Waals surface area contributed by atoms with Gasteiger partial charge in [-0.3, -0.25) is 0 Å². The molecule has 193 valence electrons. The fraction of sp³-hybridized carbons (Fsp3) is 0.680. The molecule has 0 saturated heterocycles. The summed E-state index contributed by atoms with van der Waals surface area (Å²) in [7, 11) is -0.222. The van der Waals surface area contributed by atoms with Crippen molar-refractivity contribution in [2.75, 3.05) is 6.61 Å². The van der Waals surface area contributed by atoms with Crippen LogP contribution >= 0.6 is 15.9 Å². The third kappa shape index (κ3) is 8.99. The van der Waals surface area contributed by atoms with Crippen LogP contribution in [0.4, 0.5) is 4.79 Å². The van der Waals surface area contributed by atoms with Crippen LogP contribution in [0.25, 0.3) is 11.4 Å². The van der Waals surface area contributed by atoms with E-state index in [-0.39, 0.29) is 14.8 Å². The lowest BCUT2D eigenvalue weighted by atomic mass is 10.1. The smallest absolute Gasteiger partial charge is 0.407 e. The summed E-state index contributed by atoms with van der Waals surface area (Å²) in [5, 5.41) is 2.88. The molecule has 2 aromatic rings. The van der Waals surface area contributed by atoms with Crippen LogP contribution in [0.3, 0.4) is 0 Å². The number of nitrogens with one attached hydrogen (secondary N) is 1. The number of carbonyl (C=O) groups is 1. The summed E-state index contributed by atoms with van der Waals surface area (Å²) in [5.41, 5.74) is 1.24. The number of ether oxygens (including phenoxy) is 2. The summed E-state index contributed by atoms with van der Waals surface area (Å²) < 4.78 is 14.4. The highest BCUT2D eigenvalue weighted by atomic mass is 79.9. The molecule has 8 nitrogen and oxygen atoms in total. The van der Waals surface area contributed by atoms with Gasteiger partial charge in [0.05, 0.1) is 5.69 Å². The Morgan fingerprint density at radius 2 is 2.06 bits per heavy atom. The molecule has 1 radical (unpaired) electrons. The predicted octanol–water partition coefficient (Wildman–Crippen LogP) is 5.94. The van der Waals surface area contributed by atoms with E-state index in [9.17, 15) is 4.79 Å². The molecule has 1 fully saturated rings. The molecule has 0 unspecified atom stereocenters. The summed E-state index contributed by atoms with van der Waals surface area (Å²) in [5.74, 6) is 2.29. The fourth-order valence-electron chi connectivity index (χ4n) is 3.73. The van der Waals surface area contributed by atoms with Crippen LogP contribution in [0.5, 0.6) is 0 Å². The largest absolute Gasteiger partial charge is 0.444 e. The highest BCUT2D eigenvalue weighted by Crippen LogP contribution is 2.42. The topological polar surface area (TPSA) is 91.2 Å². The lowest BCUT2D eigenvalue weighted by Crippen LogP contribution is -2.37. The molecule has 0 bridgehead atoms. The molecule has 0 spiro atoms. The summed E-state index contributed by atoms with van der Waals surface area (Å²) in [6.45, 7) is 13.4. The van der Waals surface area contributed by atoms with E-state index in [1.54, 1.807) is 6.20 Å². The Bertz CT molecular complexity index is 988. The maximum atomic E-state index is 12.0. The van der Waals surface area contributed by atoms with Gasteiger partial charge in [-0.15, -0.1) is 0 Å². The molecule has 0 aromatic carbocycles. The molecule has 2 heterocycles. The third-order valence-electron chi connectivity index (χ3n) is 5.60. The lowest BCUT2D eigenvalue weighted by molar-refractivity contribution is 0.0506. The second-order valence-electron chi connectivity index (χ2n) is 10.6. The number of amides is 1. The number of hydrogen-bond acceptors (Lipinski definition) is 6. The van der Waals surface area contributed by atoms with Gasteiger partial charge in [0.1, 0.15) is 34.3 Å². The minimum atomic E-state index is -0.518. The zero-order chi connectivity index (χ0) is 25.6. The van der Waals surface area contributed by atoms with E-state index >= 15 is 0 Å². The first-order valence-corrected chi connectivity index (χ1v) is 16.0. The Balaban J connectivity index is 1.67. The molecule has 1 amide bonds. The molecule has 2 aromatic heterocycles. The molecular formula is C25H39BrN5O3Si. The number of nitrogens with zero attached hydrogens (tertiary/aromatic N) is 4. The molecule has 3 rings (SSSR count). The van der Waals surface area contributed by atoms with Crippen molar-refractivity contribution in [1.82, 2.24) is 24.8 Å². The first-order valence-electron chi connectivity index (χ1n) is 12.5. The van der Waals surface area contributed by atoms with E-state index in [0.29, 0.717) is 25.5 Å². The average Bonchev–Trinajstić information content (AvgIpc) is 3.54. The molecule has 1 atom stereocenters. The van der Waals surface area contributed by atoms with E-state index in [0.717, 1.165) is 53.5 Å². The number of halogens is 1. The highest BCUT2D eigenvalue weighted by molar-refractivity contribution is 9.10. The second-order valence-corrected chi connectivity index (χ2v) is 14.3. The zero-order valence-corrected chi connectivity index (χ0v) is 24.4. The number of hydrogen-bond donors (Lipinski definition) is 1. The Morgan fingerprint density at radius 1 is 1.31 bits per heavy atom. The van der Waals surface area contributed by atoms with Gasteiger partial charge < -0.3 is 19.4 Å². The van der Waals surface area contributed by atoms with Gasteiger partial charge in [-0.2, -0.15) is 0 Å². The van der Waals surface area contributed by atoms with E-state index in [4.69, 9.17) is 19.4 Å². The van der Waals surface area contributed by atoms with Crippen molar-refractivity contribution in [3.05, 3.63) is 28.5 Å². The summed E-state index contributed by atoms with van der Waals surface area (Å²) >= 11 is 3.68. The standard InChI is InChI=1S/C25H39BrN5O3Si/c1-17(28-24(32)34-25(2,3)4)8-11-20-27-13-12-19(29-20)21-22(26)30-23(18-9-10-18)31(21)16-33-14-7-15-35(5)6/h12-13,17-18H,7-11,14-16H2,1-6H3,(H,28,32)/t17-/m0/s1. The van der Waals surface area contributed by atoms with Crippen LogP contribution in [0, 0.1) is 0 Å². The number of aryl methyl sites for hydroxylation is 1. The molecule has 1 aliphatic rings. The van der Waals surface area contributed by atoms with Crippen LogP contribution < -0.4 is 5.32 Å². The summed E-state index contributed by atoms with van der Waals surface area (Å²) in [6, 6.07) is 3.12. The second kappa shape index (κ2) is 12.4. The van der Waals surface area contributed by atoms with Crippen LogP contribution in [-0.4, -0.2) is 52.7 Å². The van der Waals surface area contributed by atoms with Crippen molar-refractivity contribution in [3.63, 3.8) is 0 Å². The first kappa shape index (κ1) is 27.8. The number of alkyl carbamates (subject to hydrolysis) is 1. The quantitative estimate of drug-likeness (QED) is 0.253. The highest BCUT2D eigenvalue weighted by Gasteiger charge is 2.31. The van der Waals surface area contributed by atoms with Gasteiger partial charge in [0.15, 0.2) is 0 Å². The first-order chi connectivity index (χ1) is 16.5. The van der Waals surface area contributed by atoms with Crippen molar-refractivity contribution >= 4 is 30.8 Å². The fourth-order valence-corrected chi connectivity index (χ4v) is 5.18. The van der Waals surface area contributed by atoms with Gasteiger partial charge in [0.25, 0.3) is 0 Å². The Kier molecular flexibility index (Phi) is 9.89. The van der Waals surface area contributed by atoms with Crippen LogP contribution in [0.2, 0.25) is 19.1 Å². The van der Waals surface area contributed by atoms with E-state index in [1.807, 2.05) is 33.8 Å². The normalized spacial score (nSPS) is 14.9. The lowest BCUT2D eigenvalue weighted by Gasteiger charge is -2.21. The Labute approximate surface area is 219 Å². The van der Waals surface area contributed by atoms with Gasteiger partial charge >= 0.3 is 6.09 Å². The van der Waals surface area contributed by atoms with Gasteiger partial charge in [0.2, 0.25) is 0 Å². The van der Waals surface area contributed by atoms with Gasteiger partial charge in [-0.1, -0.05) is 19.1 Å². The van der Waals surface area contributed by atoms with Crippen molar-refractivity contribution < 1.29 is 14.3 Å². The maximum absolute atomic E-state index is 12.0. The molecule has 1 N–H and O–H groups in total. The minimum absolute atomic E-state index is 0.0580.